The van der Waals surface area contributed by atoms with Crippen LogP contribution in [0.1, 0.15) is 37.8 Å². The highest BCUT2D eigenvalue weighted by atomic mass is 79.9. The van der Waals surface area contributed by atoms with E-state index in [1.54, 1.807) is 14.2 Å². The van der Waals surface area contributed by atoms with Gasteiger partial charge < -0.3 is 14.8 Å². The van der Waals surface area contributed by atoms with Crippen LogP contribution in [0, 0.1) is 5.92 Å². The minimum Gasteiger partial charge on any atom is -0.495 e. The van der Waals surface area contributed by atoms with Crippen molar-refractivity contribution in [3.05, 3.63) is 22.2 Å². The molecule has 1 N–H and O–H groups in total. The lowest BCUT2D eigenvalue weighted by molar-refractivity contribution is 0.291. The van der Waals surface area contributed by atoms with Gasteiger partial charge in [0, 0.05) is 11.6 Å². The molecule has 1 heterocycles. The SMILES string of the molecule is CCC1CCNC(c2ccc(OC)c(Br)c2OC)C1. The summed E-state index contributed by atoms with van der Waals surface area (Å²) in [5.74, 6) is 2.49. The maximum atomic E-state index is 5.57. The lowest BCUT2D eigenvalue weighted by Crippen LogP contribution is -2.31. The van der Waals surface area contributed by atoms with Gasteiger partial charge in [-0.1, -0.05) is 13.3 Å². The number of hydrogen-bond donors (Lipinski definition) is 1. The van der Waals surface area contributed by atoms with Crippen LogP contribution in [0.2, 0.25) is 0 Å². The van der Waals surface area contributed by atoms with Crippen LogP contribution in [-0.4, -0.2) is 20.8 Å². The van der Waals surface area contributed by atoms with Gasteiger partial charge >= 0.3 is 0 Å². The van der Waals surface area contributed by atoms with Gasteiger partial charge in [-0.15, -0.1) is 0 Å². The Labute approximate surface area is 123 Å². The fourth-order valence-corrected chi connectivity index (χ4v) is 3.48. The van der Waals surface area contributed by atoms with E-state index in [0.717, 1.165) is 28.4 Å². The Hall–Kier alpha value is -0.740. The van der Waals surface area contributed by atoms with Gasteiger partial charge in [0.15, 0.2) is 0 Å². The maximum absolute atomic E-state index is 5.57. The number of halogens is 1. The summed E-state index contributed by atoms with van der Waals surface area (Å²) in [5, 5.41) is 3.60. The molecule has 0 saturated carbocycles. The van der Waals surface area contributed by atoms with Gasteiger partial charge in [0.1, 0.15) is 16.0 Å². The van der Waals surface area contributed by atoms with Crippen molar-refractivity contribution in [3.63, 3.8) is 0 Å². The first-order valence-electron chi connectivity index (χ1n) is 6.85. The van der Waals surface area contributed by atoms with Gasteiger partial charge in [0.2, 0.25) is 0 Å². The number of benzene rings is 1. The van der Waals surface area contributed by atoms with Gasteiger partial charge in [-0.25, -0.2) is 0 Å². The fourth-order valence-electron chi connectivity index (χ4n) is 2.80. The van der Waals surface area contributed by atoms with E-state index in [-0.39, 0.29) is 0 Å². The number of ether oxygens (including phenoxy) is 2. The lowest BCUT2D eigenvalue weighted by atomic mass is 9.87. The van der Waals surface area contributed by atoms with Crippen LogP contribution in [0.4, 0.5) is 0 Å². The van der Waals surface area contributed by atoms with Crippen molar-refractivity contribution in [2.75, 3.05) is 20.8 Å². The standard InChI is InChI=1S/C15H22BrNO2/c1-4-10-7-8-17-12(9-10)11-5-6-13(18-2)14(16)15(11)19-3/h5-6,10,12,17H,4,7-9H2,1-3H3. The first-order chi connectivity index (χ1) is 9.21. The van der Waals surface area contributed by atoms with Crippen molar-refractivity contribution in [2.45, 2.75) is 32.2 Å². The molecule has 0 spiro atoms. The third-order valence-corrected chi connectivity index (χ3v) is 4.73. The minimum atomic E-state index is 0.371. The predicted molar refractivity (Wildman–Crippen MR) is 81.0 cm³/mol. The zero-order chi connectivity index (χ0) is 13.8. The van der Waals surface area contributed by atoms with Gasteiger partial charge in [0.25, 0.3) is 0 Å². The Morgan fingerprint density at radius 1 is 1.32 bits per heavy atom. The van der Waals surface area contributed by atoms with E-state index in [9.17, 15) is 0 Å². The summed E-state index contributed by atoms with van der Waals surface area (Å²) in [4.78, 5) is 0. The van der Waals surface area contributed by atoms with E-state index in [2.05, 4.69) is 34.2 Å². The molecule has 2 rings (SSSR count). The van der Waals surface area contributed by atoms with Crippen LogP contribution in [-0.2, 0) is 0 Å². The zero-order valence-electron chi connectivity index (χ0n) is 11.8. The highest BCUT2D eigenvalue weighted by molar-refractivity contribution is 9.10. The lowest BCUT2D eigenvalue weighted by Gasteiger charge is -2.31. The average molecular weight is 328 g/mol. The highest BCUT2D eigenvalue weighted by Gasteiger charge is 2.25. The molecule has 4 heteroatoms. The van der Waals surface area contributed by atoms with Crippen LogP contribution < -0.4 is 14.8 Å². The van der Waals surface area contributed by atoms with Crippen LogP contribution in [0.25, 0.3) is 0 Å². The molecule has 106 valence electrons. The van der Waals surface area contributed by atoms with Gasteiger partial charge in [-0.05, 0) is 53.4 Å². The molecule has 2 atom stereocenters. The average Bonchev–Trinajstić information content (AvgIpc) is 2.47. The molecule has 0 aliphatic carbocycles. The molecule has 1 aliphatic rings. The summed E-state index contributed by atoms with van der Waals surface area (Å²) in [5.41, 5.74) is 1.22. The Morgan fingerprint density at radius 3 is 2.74 bits per heavy atom. The number of piperidine rings is 1. The molecule has 1 aromatic carbocycles. The highest BCUT2D eigenvalue weighted by Crippen LogP contribution is 2.42. The summed E-state index contributed by atoms with van der Waals surface area (Å²) >= 11 is 3.57. The molecule has 0 bridgehead atoms. The van der Waals surface area contributed by atoms with Gasteiger partial charge in [-0.2, -0.15) is 0 Å². The van der Waals surface area contributed by atoms with Crippen molar-refractivity contribution in [1.82, 2.24) is 5.32 Å². The third kappa shape index (κ3) is 3.06. The second-order valence-corrected chi connectivity index (χ2v) is 5.80. The second kappa shape index (κ2) is 6.62. The van der Waals surface area contributed by atoms with E-state index in [1.165, 1.54) is 24.8 Å². The van der Waals surface area contributed by atoms with E-state index >= 15 is 0 Å². The van der Waals surface area contributed by atoms with Crippen LogP contribution in [0.15, 0.2) is 16.6 Å². The topological polar surface area (TPSA) is 30.5 Å². The largest absolute Gasteiger partial charge is 0.495 e. The predicted octanol–water partition coefficient (Wildman–Crippen LogP) is 3.92. The molecule has 1 saturated heterocycles. The Bertz CT molecular complexity index is 436. The van der Waals surface area contributed by atoms with E-state index < -0.39 is 0 Å². The van der Waals surface area contributed by atoms with Crippen LogP contribution >= 0.6 is 15.9 Å². The molecule has 0 aromatic heterocycles. The number of rotatable bonds is 4. The minimum absolute atomic E-state index is 0.371. The molecular formula is C15H22BrNO2. The molecule has 19 heavy (non-hydrogen) atoms. The van der Waals surface area contributed by atoms with Crippen molar-refractivity contribution >= 4 is 15.9 Å². The maximum Gasteiger partial charge on any atom is 0.141 e. The summed E-state index contributed by atoms with van der Waals surface area (Å²) in [6.07, 6.45) is 3.69. The van der Waals surface area contributed by atoms with Crippen LogP contribution in [0.5, 0.6) is 11.5 Å². The fraction of sp³-hybridized carbons (Fsp3) is 0.600. The van der Waals surface area contributed by atoms with Crippen molar-refractivity contribution in [3.8, 4) is 11.5 Å². The Kier molecular flexibility index (Phi) is 5.11. The summed E-state index contributed by atoms with van der Waals surface area (Å²) in [6.45, 7) is 3.35. The zero-order valence-corrected chi connectivity index (χ0v) is 13.4. The molecule has 1 fully saturated rings. The summed E-state index contributed by atoms with van der Waals surface area (Å²) in [7, 11) is 3.38. The monoisotopic (exact) mass is 327 g/mol. The Morgan fingerprint density at radius 2 is 2.11 bits per heavy atom. The van der Waals surface area contributed by atoms with E-state index in [4.69, 9.17) is 9.47 Å². The Balaban J connectivity index is 2.31. The summed E-state index contributed by atoms with van der Waals surface area (Å²) < 4.78 is 11.8. The molecule has 1 aliphatic heterocycles. The van der Waals surface area contributed by atoms with E-state index in [1.807, 2.05) is 6.07 Å². The van der Waals surface area contributed by atoms with Crippen LogP contribution in [0.3, 0.4) is 0 Å². The van der Waals surface area contributed by atoms with E-state index in [0.29, 0.717) is 6.04 Å². The number of methoxy groups -OCH3 is 2. The molecule has 1 aromatic rings. The second-order valence-electron chi connectivity index (χ2n) is 5.01. The molecule has 0 radical (unpaired) electrons. The number of hydrogen-bond acceptors (Lipinski definition) is 3. The smallest absolute Gasteiger partial charge is 0.141 e. The first-order valence-corrected chi connectivity index (χ1v) is 7.64. The first kappa shape index (κ1) is 14.7. The van der Waals surface area contributed by atoms with Crippen molar-refractivity contribution in [2.24, 2.45) is 5.92 Å². The third-order valence-electron chi connectivity index (χ3n) is 3.98. The molecular weight excluding hydrogens is 306 g/mol. The normalized spacial score (nSPS) is 23.2. The van der Waals surface area contributed by atoms with Crippen molar-refractivity contribution in [1.29, 1.82) is 0 Å². The van der Waals surface area contributed by atoms with Crippen molar-refractivity contribution < 1.29 is 9.47 Å². The quantitative estimate of drug-likeness (QED) is 0.909. The van der Waals surface area contributed by atoms with Gasteiger partial charge in [0.05, 0.1) is 14.2 Å². The number of nitrogens with one attached hydrogen (secondary N) is 1. The molecule has 3 nitrogen and oxygen atoms in total. The van der Waals surface area contributed by atoms with Gasteiger partial charge in [-0.3, -0.25) is 0 Å². The summed E-state index contributed by atoms with van der Waals surface area (Å²) in [6, 6.07) is 4.48. The molecule has 2 unspecified atom stereocenters. The molecule has 0 amide bonds.